The fourth-order valence-electron chi connectivity index (χ4n) is 3.87. The third-order valence-electron chi connectivity index (χ3n) is 5.22. The van der Waals surface area contributed by atoms with E-state index in [2.05, 4.69) is 40.0 Å². The van der Waals surface area contributed by atoms with Crippen LogP contribution in [0.1, 0.15) is 39.5 Å². The summed E-state index contributed by atoms with van der Waals surface area (Å²) in [7, 11) is -4.39. The van der Waals surface area contributed by atoms with Crippen LogP contribution in [0.3, 0.4) is 0 Å². The first kappa shape index (κ1) is 25.3. The van der Waals surface area contributed by atoms with Gasteiger partial charge in [0.1, 0.15) is 23.0 Å². The van der Waals surface area contributed by atoms with Crippen molar-refractivity contribution < 1.29 is 13.6 Å². The first-order valence-corrected chi connectivity index (χ1v) is 17.3. The van der Waals surface area contributed by atoms with Crippen molar-refractivity contribution in [1.82, 2.24) is 0 Å². The zero-order valence-corrected chi connectivity index (χ0v) is 22.0. The Morgan fingerprint density at radius 3 is 1.32 bits per heavy atom. The van der Waals surface area contributed by atoms with E-state index in [1.807, 2.05) is 48.5 Å². The van der Waals surface area contributed by atoms with Crippen LogP contribution in [0.25, 0.3) is 0 Å². The number of benzene rings is 2. The van der Waals surface area contributed by atoms with Crippen LogP contribution >= 0.6 is 0 Å². The third kappa shape index (κ3) is 7.59. The maximum absolute atomic E-state index is 7.02. The van der Waals surface area contributed by atoms with Gasteiger partial charge in [0.2, 0.25) is 0 Å². The Kier molecular flexibility index (Phi) is 9.03. The topological polar surface area (TPSA) is 79.7 Å². The molecule has 31 heavy (non-hydrogen) atoms. The van der Waals surface area contributed by atoms with E-state index in [9.17, 15) is 0 Å². The van der Waals surface area contributed by atoms with Crippen LogP contribution in [0.5, 0.6) is 11.5 Å². The average Bonchev–Trinajstić information content (AvgIpc) is 2.69. The van der Waals surface area contributed by atoms with Gasteiger partial charge < -0.3 is 25.1 Å². The predicted molar refractivity (Wildman–Crippen MR) is 136 cm³/mol. The van der Waals surface area contributed by atoms with Gasteiger partial charge in [-0.05, 0) is 87.6 Å². The highest BCUT2D eigenvalue weighted by atomic mass is 28.4. The molecule has 5 nitrogen and oxygen atoms in total. The largest absolute Gasteiger partial charge is 0.491 e. The minimum absolute atomic E-state index is 0.0295. The summed E-state index contributed by atoms with van der Waals surface area (Å²) in [4.78, 5) is 0. The molecule has 0 saturated carbocycles. The molecule has 0 amide bonds. The first-order valence-electron chi connectivity index (χ1n) is 11.3. The number of nitrogen functional groups attached to an aromatic ring is 2. The van der Waals surface area contributed by atoms with Crippen molar-refractivity contribution in [3.05, 3.63) is 48.5 Å². The minimum Gasteiger partial charge on any atom is -0.491 e. The van der Waals surface area contributed by atoms with Crippen LogP contribution in [0.2, 0.25) is 26.2 Å². The van der Waals surface area contributed by atoms with Crippen LogP contribution in [0.4, 0.5) is 11.4 Å². The maximum Gasteiger partial charge on any atom is 0.262 e. The lowest BCUT2D eigenvalue weighted by atomic mass is 10.3. The zero-order valence-electron chi connectivity index (χ0n) is 20.0. The zero-order chi connectivity index (χ0) is 23.1. The quantitative estimate of drug-likeness (QED) is 0.293. The Labute approximate surface area is 190 Å². The van der Waals surface area contributed by atoms with Crippen LogP contribution < -0.4 is 20.9 Å². The molecule has 0 aromatic heterocycles. The lowest BCUT2D eigenvalue weighted by molar-refractivity contribution is 0.182. The average molecular weight is 461 g/mol. The Morgan fingerprint density at radius 2 is 1.03 bits per heavy atom. The summed E-state index contributed by atoms with van der Waals surface area (Å²) in [5.41, 5.74) is 13.2. The minimum atomic E-state index is -2.52. The molecular weight excluding hydrogens is 420 g/mol. The molecule has 4 N–H and O–H groups in total. The number of nitrogens with two attached hydrogens (primary N) is 2. The summed E-state index contributed by atoms with van der Waals surface area (Å²) in [6.07, 6.45) is 3.86. The van der Waals surface area contributed by atoms with Crippen molar-refractivity contribution in [3.8, 4) is 11.5 Å². The molecule has 7 heteroatoms. The van der Waals surface area contributed by atoms with Crippen molar-refractivity contribution in [3.63, 3.8) is 0 Å². The summed E-state index contributed by atoms with van der Waals surface area (Å²) in [6, 6.07) is 15.3. The van der Waals surface area contributed by atoms with Gasteiger partial charge in [-0.3, -0.25) is 0 Å². The van der Waals surface area contributed by atoms with Crippen molar-refractivity contribution in [2.24, 2.45) is 0 Å². The van der Waals surface area contributed by atoms with Gasteiger partial charge in [-0.15, -0.1) is 0 Å². The van der Waals surface area contributed by atoms with Crippen molar-refractivity contribution >= 4 is 28.0 Å². The fraction of sp³-hybridized carbons (Fsp3) is 0.500. The van der Waals surface area contributed by atoms with E-state index in [0.29, 0.717) is 0 Å². The van der Waals surface area contributed by atoms with E-state index in [0.717, 1.165) is 48.6 Å². The molecule has 0 heterocycles. The number of ether oxygens (including phenoxy) is 2. The molecule has 0 radical (unpaired) electrons. The Balaban J connectivity index is 2.44. The van der Waals surface area contributed by atoms with Gasteiger partial charge >= 0.3 is 0 Å². The van der Waals surface area contributed by atoms with E-state index in [4.69, 9.17) is 25.1 Å². The maximum atomic E-state index is 7.02. The SMILES string of the molecule is CCCC(Oc1ccc(N)cc1)[Si](C)(O[Si](C)(C)C)C(CCC)Oc1ccc(N)cc1. The summed E-state index contributed by atoms with van der Waals surface area (Å²) in [6.45, 7) is 13.4. The van der Waals surface area contributed by atoms with Crippen LogP contribution in [0, 0.1) is 0 Å². The fourth-order valence-corrected chi connectivity index (χ4v) is 13.1. The highest BCUT2D eigenvalue weighted by Gasteiger charge is 2.51. The standard InChI is InChI=1S/C24H40N2O3Si2/c1-7-9-23(27-21-15-11-19(25)12-16-21)31(6,29-30(3,4)5)24(10-8-2)28-22-17-13-20(26)14-18-22/h11-18,23-24H,7-10,25-26H2,1-6H3. The van der Waals surface area contributed by atoms with E-state index in [-0.39, 0.29) is 11.5 Å². The molecule has 0 aliphatic carbocycles. The van der Waals surface area contributed by atoms with Gasteiger partial charge in [-0.2, -0.15) is 0 Å². The van der Waals surface area contributed by atoms with Crippen LogP contribution in [-0.4, -0.2) is 28.1 Å². The first-order chi connectivity index (χ1) is 14.6. The Morgan fingerprint density at radius 1 is 0.677 bits per heavy atom. The molecule has 0 spiro atoms. The summed E-state index contributed by atoms with van der Waals surface area (Å²) in [5.74, 6) is 1.65. The molecular formula is C24H40N2O3Si2. The molecule has 0 fully saturated rings. The molecule has 2 rings (SSSR count). The van der Waals surface area contributed by atoms with E-state index < -0.39 is 16.6 Å². The second kappa shape index (κ2) is 11.1. The summed E-state index contributed by atoms with van der Waals surface area (Å²) < 4.78 is 20.2. The molecule has 2 aromatic rings. The van der Waals surface area contributed by atoms with E-state index in [1.54, 1.807) is 0 Å². The predicted octanol–water partition coefficient (Wildman–Crippen LogP) is 6.15. The van der Waals surface area contributed by atoms with Gasteiger partial charge in [0.15, 0.2) is 8.32 Å². The van der Waals surface area contributed by atoms with Crippen molar-refractivity contribution in [2.75, 3.05) is 11.5 Å². The summed E-state index contributed by atoms with van der Waals surface area (Å²) >= 11 is 0. The van der Waals surface area contributed by atoms with Crippen molar-refractivity contribution in [2.45, 2.75) is 77.2 Å². The number of hydrogen-bond acceptors (Lipinski definition) is 5. The third-order valence-corrected chi connectivity index (χ3v) is 12.8. The number of anilines is 2. The molecule has 2 atom stereocenters. The lowest BCUT2D eigenvalue weighted by Crippen LogP contribution is -2.65. The molecule has 172 valence electrons. The molecule has 0 saturated heterocycles. The number of hydrogen-bond donors (Lipinski definition) is 2. The second-order valence-electron chi connectivity index (χ2n) is 9.33. The van der Waals surface area contributed by atoms with Gasteiger partial charge in [0, 0.05) is 11.4 Å². The van der Waals surface area contributed by atoms with Crippen LogP contribution in [0.15, 0.2) is 48.5 Å². The molecule has 0 aliphatic heterocycles. The number of rotatable bonds is 12. The highest BCUT2D eigenvalue weighted by molar-refractivity contribution is 6.86. The lowest BCUT2D eigenvalue weighted by Gasteiger charge is -2.44. The second-order valence-corrected chi connectivity index (χ2v) is 18.0. The van der Waals surface area contributed by atoms with E-state index in [1.165, 1.54) is 0 Å². The normalized spacial score (nSPS) is 15.7. The van der Waals surface area contributed by atoms with Gasteiger partial charge in [-0.25, -0.2) is 0 Å². The molecule has 2 aromatic carbocycles. The van der Waals surface area contributed by atoms with E-state index >= 15 is 0 Å². The van der Waals surface area contributed by atoms with Gasteiger partial charge in [-0.1, -0.05) is 26.7 Å². The smallest absolute Gasteiger partial charge is 0.262 e. The summed E-state index contributed by atoms with van der Waals surface area (Å²) in [5, 5.41) is 0. The van der Waals surface area contributed by atoms with Crippen LogP contribution in [-0.2, 0) is 4.12 Å². The molecule has 0 aliphatic rings. The van der Waals surface area contributed by atoms with Gasteiger partial charge in [0.05, 0.1) is 0 Å². The Hall–Kier alpha value is -1.97. The molecule has 2 unspecified atom stereocenters. The van der Waals surface area contributed by atoms with Crippen molar-refractivity contribution in [1.29, 1.82) is 0 Å². The highest BCUT2D eigenvalue weighted by Crippen LogP contribution is 2.32. The van der Waals surface area contributed by atoms with Gasteiger partial charge in [0.25, 0.3) is 8.32 Å². The monoisotopic (exact) mass is 460 g/mol. The Bertz CT molecular complexity index is 734. The molecule has 0 bridgehead atoms.